The van der Waals surface area contributed by atoms with Crippen molar-refractivity contribution in [2.24, 2.45) is 5.92 Å². The van der Waals surface area contributed by atoms with Gasteiger partial charge in [0.25, 0.3) is 0 Å². The summed E-state index contributed by atoms with van der Waals surface area (Å²) in [5.41, 5.74) is 1.96. The summed E-state index contributed by atoms with van der Waals surface area (Å²) in [4.78, 5) is 2.39. The fraction of sp³-hybridized carbons (Fsp3) is 0.667. The van der Waals surface area contributed by atoms with E-state index in [-0.39, 0.29) is 11.9 Å². The maximum absolute atomic E-state index is 14.6. The van der Waals surface area contributed by atoms with E-state index < -0.39 is 0 Å². The summed E-state index contributed by atoms with van der Waals surface area (Å²) in [6.45, 7) is 3.12. The smallest absolute Gasteiger partial charge is 0.146 e. The molecule has 2 fully saturated rings. The van der Waals surface area contributed by atoms with E-state index in [9.17, 15) is 4.39 Å². The first kappa shape index (κ1) is 14.8. The first-order valence-electron chi connectivity index (χ1n) is 8.44. The van der Waals surface area contributed by atoms with Crippen LogP contribution in [0.1, 0.15) is 57.1 Å². The van der Waals surface area contributed by atoms with E-state index in [4.69, 9.17) is 0 Å². The Morgan fingerprint density at radius 1 is 1.19 bits per heavy atom. The van der Waals surface area contributed by atoms with Crippen LogP contribution in [0.2, 0.25) is 0 Å². The van der Waals surface area contributed by atoms with E-state index in [0.717, 1.165) is 23.7 Å². The fourth-order valence-electron chi connectivity index (χ4n) is 4.24. The minimum Gasteiger partial charge on any atom is -0.366 e. The number of nitrogens with one attached hydrogen (secondary N) is 1. The summed E-state index contributed by atoms with van der Waals surface area (Å²) in [5, 5.41) is 3.27. The normalized spacial score (nSPS) is 27.3. The molecule has 3 rings (SSSR count). The van der Waals surface area contributed by atoms with Crippen molar-refractivity contribution in [3.8, 4) is 0 Å². The van der Waals surface area contributed by atoms with Crippen LogP contribution in [0, 0.1) is 11.7 Å². The Bertz CT molecular complexity index is 486. The van der Waals surface area contributed by atoms with E-state index in [1.165, 1.54) is 38.5 Å². The molecule has 1 saturated carbocycles. The molecule has 1 aromatic carbocycles. The molecule has 0 aromatic heterocycles. The first-order chi connectivity index (χ1) is 10.2. The number of rotatable bonds is 3. The van der Waals surface area contributed by atoms with Gasteiger partial charge in [0.15, 0.2) is 0 Å². The van der Waals surface area contributed by atoms with E-state index >= 15 is 0 Å². The lowest BCUT2D eigenvalue weighted by molar-refractivity contribution is 0.242. The molecule has 3 heteroatoms. The highest BCUT2D eigenvalue weighted by atomic mass is 19.1. The van der Waals surface area contributed by atoms with E-state index in [1.54, 1.807) is 6.07 Å². The number of hydrogen-bond donors (Lipinski definition) is 1. The largest absolute Gasteiger partial charge is 0.366 e. The predicted molar refractivity (Wildman–Crippen MR) is 86.2 cm³/mol. The number of benzene rings is 1. The van der Waals surface area contributed by atoms with Crippen molar-refractivity contribution < 1.29 is 4.39 Å². The SMILES string of the molecule is CNC(C)c1cccc(F)c1N1CCCC2CCCCC21. The lowest BCUT2D eigenvalue weighted by Crippen LogP contribution is -2.47. The van der Waals surface area contributed by atoms with E-state index in [1.807, 2.05) is 13.1 Å². The zero-order valence-corrected chi connectivity index (χ0v) is 13.2. The molecule has 1 aliphatic carbocycles. The van der Waals surface area contributed by atoms with Crippen LogP contribution in [-0.2, 0) is 0 Å². The van der Waals surface area contributed by atoms with Gasteiger partial charge >= 0.3 is 0 Å². The van der Waals surface area contributed by atoms with Crippen LogP contribution in [-0.4, -0.2) is 19.6 Å². The third-order valence-corrected chi connectivity index (χ3v) is 5.45. The van der Waals surface area contributed by atoms with Crippen LogP contribution in [0.4, 0.5) is 10.1 Å². The number of nitrogens with zero attached hydrogens (tertiary/aromatic N) is 1. The van der Waals surface area contributed by atoms with Crippen molar-refractivity contribution in [2.45, 2.75) is 57.5 Å². The van der Waals surface area contributed by atoms with Crippen LogP contribution in [0.5, 0.6) is 0 Å². The quantitative estimate of drug-likeness (QED) is 0.894. The van der Waals surface area contributed by atoms with Crippen molar-refractivity contribution in [3.05, 3.63) is 29.6 Å². The number of fused-ring (bicyclic) bond motifs is 1. The molecule has 1 saturated heterocycles. The maximum atomic E-state index is 14.6. The topological polar surface area (TPSA) is 15.3 Å². The van der Waals surface area contributed by atoms with Gasteiger partial charge in [-0.25, -0.2) is 4.39 Å². The van der Waals surface area contributed by atoms with Gasteiger partial charge in [0, 0.05) is 18.6 Å². The molecule has 0 amide bonds. The summed E-state index contributed by atoms with van der Waals surface area (Å²) in [6.07, 6.45) is 7.73. The predicted octanol–water partition coefficient (Wildman–Crippen LogP) is 4.27. The van der Waals surface area contributed by atoms with Gasteiger partial charge < -0.3 is 10.2 Å². The minimum atomic E-state index is -0.0548. The Balaban J connectivity index is 1.98. The number of piperidine rings is 1. The fourth-order valence-corrected chi connectivity index (χ4v) is 4.24. The molecule has 1 heterocycles. The van der Waals surface area contributed by atoms with Crippen LogP contribution in [0.15, 0.2) is 18.2 Å². The van der Waals surface area contributed by atoms with Gasteiger partial charge in [0.05, 0.1) is 5.69 Å². The van der Waals surface area contributed by atoms with Gasteiger partial charge in [-0.2, -0.15) is 0 Å². The van der Waals surface area contributed by atoms with Crippen molar-refractivity contribution in [1.82, 2.24) is 5.32 Å². The summed E-state index contributed by atoms with van der Waals surface area (Å²) < 4.78 is 14.6. The van der Waals surface area contributed by atoms with Crippen LogP contribution in [0.25, 0.3) is 0 Å². The maximum Gasteiger partial charge on any atom is 0.146 e. The molecule has 1 aliphatic heterocycles. The molecule has 1 N–H and O–H groups in total. The number of halogens is 1. The van der Waals surface area contributed by atoms with E-state index in [0.29, 0.717) is 6.04 Å². The average Bonchev–Trinajstić information content (AvgIpc) is 2.53. The second-order valence-corrected chi connectivity index (χ2v) is 6.64. The lowest BCUT2D eigenvalue weighted by Gasteiger charge is -2.46. The molecule has 21 heavy (non-hydrogen) atoms. The zero-order valence-electron chi connectivity index (χ0n) is 13.2. The third kappa shape index (κ3) is 2.80. The van der Waals surface area contributed by atoms with Gasteiger partial charge in [-0.3, -0.25) is 0 Å². The highest BCUT2D eigenvalue weighted by molar-refractivity contribution is 5.57. The van der Waals surface area contributed by atoms with Gasteiger partial charge in [-0.15, -0.1) is 0 Å². The Labute approximate surface area is 127 Å². The molecule has 2 aliphatic rings. The second-order valence-electron chi connectivity index (χ2n) is 6.64. The van der Waals surface area contributed by atoms with E-state index in [2.05, 4.69) is 23.2 Å². The highest BCUT2D eigenvalue weighted by Crippen LogP contribution is 2.40. The van der Waals surface area contributed by atoms with Crippen LogP contribution in [0.3, 0.4) is 0 Å². The summed E-state index contributed by atoms with van der Waals surface area (Å²) in [6, 6.07) is 6.26. The summed E-state index contributed by atoms with van der Waals surface area (Å²) in [5.74, 6) is 0.714. The highest BCUT2D eigenvalue weighted by Gasteiger charge is 2.35. The Hall–Kier alpha value is -1.09. The monoisotopic (exact) mass is 290 g/mol. The standard InChI is InChI=1S/C18H27FN2/c1-13(20-2)15-9-5-10-16(19)18(15)21-12-6-8-14-7-3-4-11-17(14)21/h5,9-10,13-14,17,20H,3-4,6-8,11-12H2,1-2H3. The number of anilines is 1. The number of hydrogen-bond acceptors (Lipinski definition) is 2. The second kappa shape index (κ2) is 6.35. The zero-order chi connectivity index (χ0) is 14.8. The molecule has 3 unspecified atom stereocenters. The van der Waals surface area contributed by atoms with Crippen LogP contribution < -0.4 is 10.2 Å². The lowest BCUT2D eigenvalue weighted by atomic mass is 9.78. The molecular weight excluding hydrogens is 263 g/mol. The molecule has 0 spiro atoms. The Kier molecular flexibility index (Phi) is 4.48. The van der Waals surface area contributed by atoms with Crippen molar-refractivity contribution >= 4 is 5.69 Å². The molecule has 2 nitrogen and oxygen atoms in total. The summed E-state index contributed by atoms with van der Waals surface area (Å²) >= 11 is 0. The van der Waals surface area contributed by atoms with Gasteiger partial charge in [-0.05, 0) is 57.2 Å². The van der Waals surface area contributed by atoms with Crippen molar-refractivity contribution in [3.63, 3.8) is 0 Å². The van der Waals surface area contributed by atoms with Gasteiger partial charge in [0.1, 0.15) is 5.82 Å². The van der Waals surface area contributed by atoms with Crippen molar-refractivity contribution in [1.29, 1.82) is 0 Å². The number of para-hydroxylation sites is 1. The molecule has 116 valence electrons. The average molecular weight is 290 g/mol. The summed E-state index contributed by atoms with van der Waals surface area (Å²) in [7, 11) is 1.94. The molecular formula is C18H27FN2. The van der Waals surface area contributed by atoms with Gasteiger partial charge in [-0.1, -0.05) is 25.0 Å². The first-order valence-corrected chi connectivity index (χ1v) is 8.44. The van der Waals surface area contributed by atoms with Crippen LogP contribution >= 0.6 is 0 Å². The van der Waals surface area contributed by atoms with Crippen molar-refractivity contribution in [2.75, 3.05) is 18.5 Å². The molecule has 0 bridgehead atoms. The molecule has 3 atom stereocenters. The molecule has 0 radical (unpaired) electrons. The minimum absolute atomic E-state index is 0.0548. The third-order valence-electron chi connectivity index (χ3n) is 5.45. The molecule has 1 aromatic rings. The Morgan fingerprint density at radius 2 is 1.95 bits per heavy atom. The Morgan fingerprint density at radius 3 is 2.76 bits per heavy atom. The van der Waals surface area contributed by atoms with Gasteiger partial charge in [0.2, 0.25) is 0 Å².